The summed E-state index contributed by atoms with van der Waals surface area (Å²) in [5, 5.41) is 14.4. The summed E-state index contributed by atoms with van der Waals surface area (Å²) in [6, 6.07) is 6.95. The van der Waals surface area contributed by atoms with Gasteiger partial charge in [0.1, 0.15) is 5.82 Å². The largest absolute Gasteiger partial charge is 0.394 e. The van der Waals surface area contributed by atoms with Crippen LogP contribution in [0.15, 0.2) is 35.4 Å². The van der Waals surface area contributed by atoms with Gasteiger partial charge in [-0.2, -0.15) is 16.9 Å². The Morgan fingerprint density at radius 3 is 2.88 bits per heavy atom. The molecule has 2 heterocycles. The number of benzene rings is 1. The van der Waals surface area contributed by atoms with Crippen molar-refractivity contribution in [2.75, 3.05) is 18.6 Å². The molecule has 2 aromatic heterocycles. The van der Waals surface area contributed by atoms with Crippen LogP contribution in [0, 0.1) is 0 Å². The Labute approximate surface area is 149 Å². The Morgan fingerprint density at radius 2 is 2.12 bits per heavy atom. The molecule has 0 amide bonds. The van der Waals surface area contributed by atoms with E-state index < -0.39 is 0 Å². The molecule has 0 radical (unpaired) electrons. The third kappa shape index (κ3) is 3.59. The topological polar surface area (TPSA) is 85.8 Å². The van der Waals surface area contributed by atoms with Gasteiger partial charge in [0.05, 0.1) is 36.4 Å². The number of para-hydroxylation sites is 1. The van der Waals surface area contributed by atoms with E-state index in [2.05, 4.69) is 15.1 Å². The molecule has 0 saturated carbocycles. The van der Waals surface area contributed by atoms with Crippen molar-refractivity contribution in [3.8, 4) is 0 Å². The van der Waals surface area contributed by atoms with Crippen LogP contribution in [-0.2, 0) is 13.0 Å². The normalized spacial score (nSPS) is 12.6. The van der Waals surface area contributed by atoms with E-state index in [1.54, 1.807) is 33.4 Å². The van der Waals surface area contributed by atoms with Gasteiger partial charge in [-0.3, -0.25) is 9.36 Å². The lowest BCUT2D eigenvalue weighted by atomic mass is 10.2. The summed E-state index contributed by atoms with van der Waals surface area (Å²) in [6.07, 6.45) is 4.34. The molecule has 1 atom stereocenters. The van der Waals surface area contributed by atoms with E-state index in [1.807, 2.05) is 31.4 Å². The summed E-state index contributed by atoms with van der Waals surface area (Å²) in [6.45, 7) is 2.21. The smallest absolute Gasteiger partial charge is 0.261 e. The van der Waals surface area contributed by atoms with Crippen molar-refractivity contribution >= 4 is 22.7 Å². The van der Waals surface area contributed by atoms with E-state index in [0.29, 0.717) is 23.3 Å². The highest BCUT2D eigenvalue weighted by atomic mass is 32.2. The van der Waals surface area contributed by atoms with Gasteiger partial charge in [-0.05, 0) is 25.3 Å². The fourth-order valence-electron chi connectivity index (χ4n) is 2.75. The molecule has 0 unspecified atom stereocenters. The molecule has 0 saturated heterocycles. The molecular formula is C17H21N5O2S. The SMILES string of the molecule is CSCCc1nc([C@@H](C)n2cnc3ccccc3c2=O)n(CCO)n1. The number of aromatic nitrogens is 5. The lowest BCUT2D eigenvalue weighted by Gasteiger charge is -2.15. The van der Waals surface area contributed by atoms with Crippen LogP contribution in [-0.4, -0.2) is 48.0 Å². The monoisotopic (exact) mass is 359 g/mol. The van der Waals surface area contributed by atoms with Gasteiger partial charge in [0, 0.05) is 12.2 Å². The first kappa shape index (κ1) is 17.6. The van der Waals surface area contributed by atoms with Gasteiger partial charge in [0.25, 0.3) is 5.56 Å². The first-order chi connectivity index (χ1) is 12.2. The number of thioether (sulfide) groups is 1. The summed E-state index contributed by atoms with van der Waals surface area (Å²) >= 11 is 1.73. The maximum Gasteiger partial charge on any atom is 0.261 e. The Bertz CT molecular complexity index is 921. The molecule has 1 N–H and O–H groups in total. The zero-order valence-electron chi connectivity index (χ0n) is 14.3. The van der Waals surface area contributed by atoms with E-state index in [4.69, 9.17) is 0 Å². The lowest BCUT2D eigenvalue weighted by molar-refractivity contribution is 0.264. The molecule has 25 heavy (non-hydrogen) atoms. The summed E-state index contributed by atoms with van der Waals surface area (Å²) in [5.74, 6) is 2.31. The molecule has 3 aromatic rings. The minimum absolute atomic E-state index is 0.0318. The van der Waals surface area contributed by atoms with Crippen molar-refractivity contribution in [1.82, 2.24) is 24.3 Å². The predicted molar refractivity (Wildman–Crippen MR) is 99.0 cm³/mol. The number of rotatable bonds is 7. The Kier molecular flexibility index (Phi) is 5.50. The average Bonchev–Trinajstić information content (AvgIpc) is 3.03. The van der Waals surface area contributed by atoms with Gasteiger partial charge < -0.3 is 5.11 Å². The van der Waals surface area contributed by atoms with E-state index in [9.17, 15) is 9.90 Å². The second-order valence-electron chi connectivity index (χ2n) is 5.73. The fourth-order valence-corrected chi connectivity index (χ4v) is 3.14. The number of hydrogen-bond acceptors (Lipinski definition) is 6. The quantitative estimate of drug-likeness (QED) is 0.688. The standard InChI is InChI=1S/C17H21N5O2S/c1-12(16-19-15(7-10-25-2)20-22(16)8-9-23)21-11-18-14-6-4-3-5-13(14)17(21)24/h3-6,11-12,23H,7-10H2,1-2H3/t12-/m1/s1. The highest BCUT2D eigenvalue weighted by Crippen LogP contribution is 2.16. The van der Waals surface area contributed by atoms with Crippen molar-refractivity contribution in [3.63, 3.8) is 0 Å². The molecule has 0 aliphatic heterocycles. The number of fused-ring (bicyclic) bond motifs is 1. The summed E-state index contributed by atoms with van der Waals surface area (Å²) < 4.78 is 3.25. The highest BCUT2D eigenvalue weighted by molar-refractivity contribution is 7.98. The predicted octanol–water partition coefficient (Wildman–Crippen LogP) is 1.50. The van der Waals surface area contributed by atoms with Gasteiger partial charge >= 0.3 is 0 Å². The van der Waals surface area contributed by atoms with E-state index >= 15 is 0 Å². The summed E-state index contributed by atoms with van der Waals surface area (Å²) in [5.41, 5.74) is 0.566. The van der Waals surface area contributed by atoms with Crippen LogP contribution in [0.5, 0.6) is 0 Å². The highest BCUT2D eigenvalue weighted by Gasteiger charge is 2.19. The third-order valence-electron chi connectivity index (χ3n) is 4.07. The van der Waals surface area contributed by atoms with Gasteiger partial charge in [0.2, 0.25) is 0 Å². The second kappa shape index (κ2) is 7.79. The molecule has 0 aliphatic carbocycles. The van der Waals surface area contributed by atoms with Crippen molar-refractivity contribution in [1.29, 1.82) is 0 Å². The van der Waals surface area contributed by atoms with Gasteiger partial charge in [-0.15, -0.1) is 0 Å². The molecule has 0 fully saturated rings. The van der Waals surface area contributed by atoms with Crippen molar-refractivity contribution in [2.45, 2.75) is 25.9 Å². The number of hydrogen-bond donors (Lipinski definition) is 1. The molecule has 132 valence electrons. The molecule has 8 heteroatoms. The van der Waals surface area contributed by atoms with Crippen molar-refractivity contribution < 1.29 is 5.11 Å². The van der Waals surface area contributed by atoms with Gasteiger partial charge in [-0.25, -0.2) is 14.6 Å². The van der Waals surface area contributed by atoms with E-state index in [1.165, 1.54) is 0 Å². The molecular weight excluding hydrogens is 338 g/mol. The first-order valence-electron chi connectivity index (χ1n) is 8.15. The Balaban J connectivity index is 2.02. The van der Waals surface area contributed by atoms with Crippen LogP contribution in [0.4, 0.5) is 0 Å². The molecule has 1 aromatic carbocycles. The van der Waals surface area contributed by atoms with Crippen LogP contribution < -0.4 is 5.56 Å². The van der Waals surface area contributed by atoms with E-state index in [-0.39, 0.29) is 18.2 Å². The average molecular weight is 359 g/mol. The second-order valence-corrected chi connectivity index (χ2v) is 6.71. The minimum Gasteiger partial charge on any atom is -0.394 e. The van der Waals surface area contributed by atoms with Crippen LogP contribution in [0.1, 0.15) is 24.6 Å². The maximum atomic E-state index is 12.8. The fraction of sp³-hybridized carbons (Fsp3) is 0.412. The van der Waals surface area contributed by atoms with Crippen LogP contribution >= 0.6 is 11.8 Å². The minimum atomic E-state index is -0.327. The number of aryl methyl sites for hydroxylation is 1. The van der Waals surface area contributed by atoms with Crippen molar-refractivity contribution in [2.24, 2.45) is 0 Å². The maximum absolute atomic E-state index is 12.8. The molecule has 0 spiro atoms. The van der Waals surface area contributed by atoms with Crippen LogP contribution in [0.25, 0.3) is 10.9 Å². The zero-order valence-corrected chi connectivity index (χ0v) is 15.1. The lowest BCUT2D eigenvalue weighted by Crippen LogP contribution is -2.26. The summed E-state index contributed by atoms with van der Waals surface area (Å²) in [4.78, 5) is 21.8. The van der Waals surface area contributed by atoms with Crippen molar-refractivity contribution in [3.05, 3.63) is 52.6 Å². The van der Waals surface area contributed by atoms with Gasteiger partial charge in [0.15, 0.2) is 5.82 Å². The molecule has 0 aliphatic rings. The zero-order chi connectivity index (χ0) is 17.8. The van der Waals surface area contributed by atoms with Gasteiger partial charge in [-0.1, -0.05) is 12.1 Å². The van der Waals surface area contributed by atoms with Crippen LogP contribution in [0.2, 0.25) is 0 Å². The first-order valence-corrected chi connectivity index (χ1v) is 9.54. The van der Waals surface area contributed by atoms with Crippen LogP contribution in [0.3, 0.4) is 0 Å². The summed E-state index contributed by atoms with van der Waals surface area (Å²) in [7, 11) is 0. The molecule has 3 rings (SSSR count). The molecule has 0 bridgehead atoms. The number of aliphatic hydroxyl groups excluding tert-OH is 1. The number of aliphatic hydroxyl groups is 1. The number of nitrogens with zero attached hydrogens (tertiary/aromatic N) is 5. The molecule has 7 nitrogen and oxygen atoms in total. The Hall–Kier alpha value is -2.19. The third-order valence-corrected chi connectivity index (χ3v) is 4.68. The van der Waals surface area contributed by atoms with E-state index in [0.717, 1.165) is 18.0 Å². The Morgan fingerprint density at radius 1 is 1.32 bits per heavy atom.